The predicted octanol–water partition coefficient (Wildman–Crippen LogP) is 3.11. The summed E-state index contributed by atoms with van der Waals surface area (Å²) in [5.74, 6) is 0.154. The quantitative estimate of drug-likeness (QED) is 0.635. The second kappa shape index (κ2) is 7.96. The van der Waals surface area contributed by atoms with Gasteiger partial charge in [-0.3, -0.25) is 9.78 Å². The highest BCUT2D eigenvalue weighted by Gasteiger charge is 2.26. The van der Waals surface area contributed by atoms with Crippen molar-refractivity contribution in [1.29, 1.82) is 0 Å². The Hall–Kier alpha value is -2.61. The van der Waals surface area contributed by atoms with Crippen LogP contribution in [0.5, 0.6) is 6.01 Å². The Bertz CT molecular complexity index is 950. The van der Waals surface area contributed by atoms with Crippen LogP contribution in [-0.2, 0) is 0 Å². The minimum absolute atomic E-state index is 0.0853. The maximum atomic E-state index is 12.9. The van der Waals surface area contributed by atoms with Gasteiger partial charge in [0.05, 0.1) is 28.3 Å². The number of piperidine rings is 1. The van der Waals surface area contributed by atoms with E-state index < -0.39 is 0 Å². The van der Waals surface area contributed by atoms with Crippen LogP contribution in [0.1, 0.15) is 23.3 Å². The highest BCUT2D eigenvalue weighted by atomic mass is 79.9. The number of fused-ring (bicyclic) bond motifs is 1. The van der Waals surface area contributed by atoms with Gasteiger partial charge in [0.2, 0.25) is 0 Å². The number of ether oxygens (including phenoxy) is 1. The summed E-state index contributed by atoms with van der Waals surface area (Å²) in [6.45, 7) is 1.83. The van der Waals surface area contributed by atoms with E-state index in [0.717, 1.165) is 34.9 Å². The Morgan fingerprint density at radius 3 is 2.74 bits per heavy atom. The summed E-state index contributed by atoms with van der Waals surface area (Å²) in [5.41, 5.74) is 1.90. The number of hydrogen-bond acceptors (Lipinski definition) is 6. The fourth-order valence-corrected chi connectivity index (χ4v) is 3.38. The maximum absolute atomic E-state index is 12.9. The normalized spacial score (nSPS) is 17.1. The predicted molar refractivity (Wildman–Crippen MR) is 103 cm³/mol. The van der Waals surface area contributed by atoms with Crippen molar-refractivity contribution in [2.45, 2.75) is 12.8 Å². The highest BCUT2D eigenvalue weighted by Crippen LogP contribution is 2.20. The molecule has 3 heterocycles. The molecule has 1 unspecified atom stereocenters. The van der Waals surface area contributed by atoms with Gasteiger partial charge in [-0.25, -0.2) is 15.0 Å². The molecule has 0 N–H and O–H groups in total. The number of carbonyl (C=O) groups is 1. The first-order valence-electron chi connectivity index (χ1n) is 8.80. The minimum Gasteiger partial charge on any atom is -0.463 e. The zero-order valence-electron chi connectivity index (χ0n) is 14.6. The van der Waals surface area contributed by atoms with E-state index in [0.29, 0.717) is 24.9 Å². The fraction of sp³-hybridized carbons (Fsp3) is 0.316. The fourth-order valence-electron chi connectivity index (χ4n) is 3.18. The molecule has 7 nitrogen and oxygen atoms in total. The van der Waals surface area contributed by atoms with Crippen LogP contribution in [-0.4, -0.2) is 50.4 Å². The molecule has 27 heavy (non-hydrogen) atoms. The van der Waals surface area contributed by atoms with E-state index in [4.69, 9.17) is 4.74 Å². The summed E-state index contributed by atoms with van der Waals surface area (Å²) < 4.78 is 6.49. The summed E-state index contributed by atoms with van der Waals surface area (Å²) in [6, 6.07) is 7.90. The number of likely N-dealkylation sites (tertiary alicyclic amines) is 1. The van der Waals surface area contributed by atoms with E-state index in [1.165, 1.54) is 0 Å². The van der Waals surface area contributed by atoms with Gasteiger partial charge in [-0.05, 0) is 40.9 Å². The molecule has 0 spiro atoms. The lowest BCUT2D eigenvalue weighted by atomic mass is 9.99. The maximum Gasteiger partial charge on any atom is 0.316 e. The van der Waals surface area contributed by atoms with Crippen LogP contribution in [0, 0.1) is 5.92 Å². The lowest BCUT2D eigenvalue weighted by Crippen LogP contribution is -2.42. The van der Waals surface area contributed by atoms with Crippen LogP contribution in [0.25, 0.3) is 11.0 Å². The molecule has 2 aromatic heterocycles. The van der Waals surface area contributed by atoms with E-state index in [9.17, 15) is 4.79 Å². The zero-order chi connectivity index (χ0) is 18.6. The number of nitrogens with zero attached hydrogens (tertiary/aromatic N) is 5. The second-order valence-corrected chi connectivity index (χ2v) is 7.41. The third-order valence-electron chi connectivity index (χ3n) is 4.52. The monoisotopic (exact) mass is 427 g/mol. The molecule has 0 bridgehead atoms. The van der Waals surface area contributed by atoms with Crippen molar-refractivity contribution in [2.75, 3.05) is 19.7 Å². The molecule has 0 aliphatic carbocycles. The van der Waals surface area contributed by atoms with Gasteiger partial charge in [-0.1, -0.05) is 12.1 Å². The summed E-state index contributed by atoms with van der Waals surface area (Å²) >= 11 is 3.30. The Kier molecular flexibility index (Phi) is 5.24. The zero-order valence-corrected chi connectivity index (χ0v) is 16.2. The van der Waals surface area contributed by atoms with Gasteiger partial charge in [0.25, 0.3) is 5.91 Å². The number of carbonyl (C=O) groups excluding carboxylic acids is 1. The molecule has 1 aliphatic heterocycles. The number of hydrogen-bond donors (Lipinski definition) is 0. The van der Waals surface area contributed by atoms with Gasteiger partial charge in [0.15, 0.2) is 0 Å². The minimum atomic E-state index is -0.0853. The summed E-state index contributed by atoms with van der Waals surface area (Å²) in [5, 5.41) is 0. The Labute approximate surface area is 164 Å². The van der Waals surface area contributed by atoms with Crippen molar-refractivity contribution in [3.8, 4) is 6.01 Å². The number of aromatic nitrogens is 4. The number of para-hydroxylation sites is 2. The smallest absolute Gasteiger partial charge is 0.316 e. The molecular formula is C19H18BrN5O2. The van der Waals surface area contributed by atoms with Gasteiger partial charge < -0.3 is 9.64 Å². The number of halogens is 1. The van der Waals surface area contributed by atoms with E-state index in [1.54, 1.807) is 18.6 Å². The molecule has 0 saturated carbocycles. The van der Waals surface area contributed by atoms with Gasteiger partial charge >= 0.3 is 6.01 Å². The van der Waals surface area contributed by atoms with Crippen LogP contribution in [0.4, 0.5) is 0 Å². The highest BCUT2D eigenvalue weighted by molar-refractivity contribution is 9.10. The molecule has 1 aromatic carbocycles. The Morgan fingerprint density at radius 2 is 1.93 bits per heavy atom. The molecule has 0 radical (unpaired) electrons. The van der Waals surface area contributed by atoms with Crippen molar-refractivity contribution >= 4 is 32.9 Å². The van der Waals surface area contributed by atoms with Gasteiger partial charge in [-0.2, -0.15) is 0 Å². The topological polar surface area (TPSA) is 81.1 Å². The van der Waals surface area contributed by atoms with Crippen molar-refractivity contribution in [3.05, 3.63) is 53.0 Å². The molecule has 8 heteroatoms. The average molecular weight is 428 g/mol. The molecule has 1 aliphatic rings. The molecular weight excluding hydrogens is 410 g/mol. The Balaban J connectivity index is 1.40. The lowest BCUT2D eigenvalue weighted by Gasteiger charge is -2.32. The average Bonchev–Trinajstić information content (AvgIpc) is 2.72. The van der Waals surface area contributed by atoms with E-state index in [1.807, 2.05) is 29.2 Å². The SMILES string of the molecule is O=C(c1cnc2ccccc2n1)N1CCCC(COc2ncc(Br)cn2)C1. The number of amides is 1. The number of benzene rings is 1. The lowest BCUT2D eigenvalue weighted by molar-refractivity contribution is 0.0623. The van der Waals surface area contributed by atoms with Crippen LogP contribution >= 0.6 is 15.9 Å². The first kappa shape index (κ1) is 17.8. The summed E-state index contributed by atoms with van der Waals surface area (Å²) in [6.07, 6.45) is 6.79. The third kappa shape index (κ3) is 4.21. The van der Waals surface area contributed by atoms with E-state index in [2.05, 4.69) is 35.9 Å². The molecule has 1 amide bonds. The molecule has 138 valence electrons. The second-order valence-electron chi connectivity index (χ2n) is 6.50. The van der Waals surface area contributed by atoms with E-state index in [-0.39, 0.29) is 11.8 Å². The van der Waals surface area contributed by atoms with Crippen molar-refractivity contribution in [3.63, 3.8) is 0 Å². The van der Waals surface area contributed by atoms with Crippen molar-refractivity contribution in [1.82, 2.24) is 24.8 Å². The molecule has 1 fully saturated rings. The standard InChI is InChI=1S/C19H18BrN5O2/c20-14-8-22-19(23-9-14)27-12-13-4-3-7-25(11-13)18(26)17-10-21-15-5-1-2-6-16(15)24-17/h1-2,5-6,8-10,13H,3-4,7,11-12H2. The first-order chi connectivity index (χ1) is 13.2. The number of rotatable bonds is 4. The van der Waals surface area contributed by atoms with Gasteiger partial charge in [0.1, 0.15) is 5.69 Å². The third-order valence-corrected chi connectivity index (χ3v) is 4.93. The van der Waals surface area contributed by atoms with E-state index >= 15 is 0 Å². The summed E-state index contributed by atoms with van der Waals surface area (Å²) in [7, 11) is 0. The molecule has 4 rings (SSSR count). The van der Waals surface area contributed by atoms with Crippen LogP contribution in [0.15, 0.2) is 47.3 Å². The van der Waals surface area contributed by atoms with Gasteiger partial charge in [0, 0.05) is 31.4 Å². The molecule has 1 atom stereocenters. The van der Waals surface area contributed by atoms with Gasteiger partial charge in [-0.15, -0.1) is 0 Å². The molecule has 3 aromatic rings. The van der Waals surface area contributed by atoms with Crippen LogP contribution in [0.3, 0.4) is 0 Å². The van der Waals surface area contributed by atoms with Crippen molar-refractivity contribution < 1.29 is 9.53 Å². The first-order valence-corrected chi connectivity index (χ1v) is 9.60. The van der Waals surface area contributed by atoms with Crippen LogP contribution < -0.4 is 4.74 Å². The Morgan fingerprint density at radius 1 is 1.15 bits per heavy atom. The van der Waals surface area contributed by atoms with Crippen molar-refractivity contribution in [2.24, 2.45) is 5.92 Å². The van der Waals surface area contributed by atoms with Crippen LogP contribution in [0.2, 0.25) is 0 Å². The largest absolute Gasteiger partial charge is 0.463 e. The molecule has 1 saturated heterocycles. The summed E-state index contributed by atoms with van der Waals surface area (Å²) in [4.78, 5) is 31.7.